The van der Waals surface area contributed by atoms with Crippen LogP contribution in [-0.4, -0.2) is 67.2 Å². The zero-order valence-corrected chi connectivity index (χ0v) is 11.9. The molecule has 0 aromatic rings. The van der Waals surface area contributed by atoms with Crippen LogP contribution in [0.1, 0.15) is 27.2 Å². The molecular weight excluding hydrogens is 230 g/mol. The van der Waals surface area contributed by atoms with Crippen molar-refractivity contribution < 1.29 is 9.53 Å². The van der Waals surface area contributed by atoms with Crippen LogP contribution in [0.15, 0.2) is 0 Å². The molecule has 0 unspecified atom stereocenters. The summed E-state index contributed by atoms with van der Waals surface area (Å²) >= 11 is 0. The molecular formula is C13H27N3O2. The lowest BCUT2D eigenvalue weighted by Gasteiger charge is -2.43. The fraction of sp³-hybridized carbons (Fsp3) is 0.923. The molecule has 0 atom stereocenters. The lowest BCUT2D eigenvalue weighted by atomic mass is 10.0. The van der Waals surface area contributed by atoms with Crippen molar-refractivity contribution >= 4 is 5.91 Å². The maximum Gasteiger partial charge on any atom is 0.248 e. The Morgan fingerprint density at radius 1 is 1.28 bits per heavy atom. The molecule has 1 amide bonds. The molecule has 1 aliphatic rings. The number of hydrogen-bond acceptors (Lipinski definition) is 4. The molecule has 0 saturated carbocycles. The number of carbonyl (C=O) groups is 1. The van der Waals surface area contributed by atoms with E-state index in [1.807, 2.05) is 11.8 Å². The second kappa shape index (κ2) is 7.07. The van der Waals surface area contributed by atoms with E-state index in [0.717, 1.165) is 32.6 Å². The minimum Gasteiger partial charge on any atom is -0.372 e. The second-order valence-electron chi connectivity index (χ2n) is 5.44. The predicted molar refractivity (Wildman–Crippen MR) is 72.4 cm³/mol. The van der Waals surface area contributed by atoms with Gasteiger partial charge in [-0.3, -0.25) is 9.69 Å². The van der Waals surface area contributed by atoms with Crippen molar-refractivity contribution in [2.75, 3.05) is 45.9 Å². The van der Waals surface area contributed by atoms with Crippen molar-refractivity contribution in [2.45, 2.75) is 32.7 Å². The topological polar surface area (TPSA) is 58.8 Å². The summed E-state index contributed by atoms with van der Waals surface area (Å²) in [5, 5.41) is 0. The van der Waals surface area contributed by atoms with Crippen LogP contribution in [0.25, 0.3) is 0 Å². The van der Waals surface area contributed by atoms with Crippen LogP contribution in [0.3, 0.4) is 0 Å². The highest BCUT2D eigenvalue weighted by molar-refractivity contribution is 5.77. The van der Waals surface area contributed by atoms with Gasteiger partial charge in [-0.15, -0.1) is 0 Å². The molecule has 5 heteroatoms. The number of ether oxygens (including phenoxy) is 1. The molecule has 0 aliphatic carbocycles. The SMILES string of the molecule is CCCOCC(=O)N1CCN(C(C)(C)CN)CC1. The van der Waals surface area contributed by atoms with Crippen molar-refractivity contribution in [3.05, 3.63) is 0 Å². The Kier molecular flexibility index (Phi) is 6.05. The third-order valence-electron chi connectivity index (χ3n) is 3.56. The van der Waals surface area contributed by atoms with Crippen LogP contribution in [0.4, 0.5) is 0 Å². The van der Waals surface area contributed by atoms with Gasteiger partial charge in [-0.2, -0.15) is 0 Å². The molecule has 1 rings (SSSR count). The standard InChI is InChI=1S/C13H27N3O2/c1-4-9-18-10-12(17)15-5-7-16(8-6-15)13(2,3)11-14/h4-11,14H2,1-3H3. The first-order valence-electron chi connectivity index (χ1n) is 6.82. The zero-order valence-electron chi connectivity index (χ0n) is 11.9. The molecule has 0 aromatic heterocycles. The molecule has 18 heavy (non-hydrogen) atoms. The van der Waals surface area contributed by atoms with Crippen LogP contribution in [-0.2, 0) is 9.53 Å². The number of nitrogens with zero attached hydrogens (tertiary/aromatic N) is 2. The van der Waals surface area contributed by atoms with Gasteiger partial charge in [0.2, 0.25) is 5.91 Å². The van der Waals surface area contributed by atoms with Crippen molar-refractivity contribution in [3.8, 4) is 0 Å². The molecule has 0 radical (unpaired) electrons. The predicted octanol–water partition coefficient (Wildman–Crippen LogP) is 0.295. The van der Waals surface area contributed by atoms with Crippen LogP contribution in [0.5, 0.6) is 0 Å². The number of rotatable bonds is 6. The normalized spacial score (nSPS) is 18.1. The van der Waals surface area contributed by atoms with Gasteiger partial charge in [0.25, 0.3) is 0 Å². The maximum atomic E-state index is 11.9. The molecule has 1 heterocycles. The van der Waals surface area contributed by atoms with Crippen molar-refractivity contribution in [1.29, 1.82) is 0 Å². The highest BCUT2D eigenvalue weighted by atomic mass is 16.5. The fourth-order valence-corrected chi connectivity index (χ4v) is 2.09. The number of carbonyl (C=O) groups excluding carboxylic acids is 1. The van der Waals surface area contributed by atoms with Gasteiger partial charge >= 0.3 is 0 Å². The summed E-state index contributed by atoms with van der Waals surface area (Å²) < 4.78 is 5.29. The minimum absolute atomic E-state index is 0.0217. The Morgan fingerprint density at radius 3 is 2.39 bits per heavy atom. The summed E-state index contributed by atoms with van der Waals surface area (Å²) in [7, 11) is 0. The van der Waals surface area contributed by atoms with Gasteiger partial charge in [0.15, 0.2) is 0 Å². The molecule has 0 spiro atoms. The Hall–Kier alpha value is -0.650. The van der Waals surface area contributed by atoms with E-state index in [2.05, 4.69) is 18.7 Å². The minimum atomic E-state index is 0.0217. The molecule has 106 valence electrons. The molecule has 0 bridgehead atoms. The molecule has 2 N–H and O–H groups in total. The molecule has 1 fully saturated rings. The molecule has 0 aromatic carbocycles. The van der Waals surface area contributed by atoms with E-state index in [4.69, 9.17) is 10.5 Å². The fourth-order valence-electron chi connectivity index (χ4n) is 2.09. The Bertz CT molecular complexity index is 261. The third kappa shape index (κ3) is 4.23. The second-order valence-corrected chi connectivity index (χ2v) is 5.44. The number of piperazine rings is 1. The van der Waals surface area contributed by atoms with E-state index in [1.165, 1.54) is 0 Å². The van der Waals surface area contributed by atoms with Crippen LogP contribution >= 0.6 is 0 Å². The Morgan fingerprint density at radius 2 is 1.89 bits per heavy atom. The summed E-state index contributed by atoms with van der Waals surface area (Å²) in [5.74, 6) is 0.105. The summed E-state index contributed by atoms with van der Waals surface area (Å²) in [5.41, 5.74) is 5.79. The summed E-state index contributed by atoms with van der Waals surface area (Å²) in [6.07, 6.45) is 0.950. The lowest BCUT2D eigenvalue weighted by molar-refractivity contribution is -0.138. The van der Waals surface area contributed by atoms with Gasteiger partial charge in [0.1, 0.15) is 6.61 Å². The van der Waals surface area contributed by atoms with Crippen LogP contribution < -0.4 is 5.73 Å². The van der Waals surface area contributed by atoms with Gasteiger partial charge in [-0.05, 0) is 20.3 Å². The van der Waals surface area contributed by atoms with Crippen molar-refractivity contribution in [1.82, 2.24) is 9.80 Å². The largest absolute Gasteiger partial charge is 0.372 e. The number of nitrogens with two attached hydrogens (primary N) is 1. The van der Waals surface area contributed by atoms with Crippen LogP contribution in [0, 0.1) is 0 Å². The monoisotopic (exact) mass is 257 g/mol. The Balaban J connectivity index is 2.32. The van der Waals surface area contributed by atoms with Gasteiger partial charge in [-0.1, -0.05) is 6.92 Å². The van der Waals surface area contributed by atoms with Gasteiger partial charge in [0.05, 0.1) is 0 Å². The van der Waals surface area contributed by atoms with Gasteiger partial charge in [-0.25, -0.2) is 0 Å². The first-order chi connectivity index (χ1) is 8.51. The molecule has 5 nitrogen and oxygen atoms in total. The third-order valence-corrected chi connectivity index (χ3v) is 3.56. The maximum absolute atomic E-state index is 11.9. The lowest BCUT2D eigenvalue weighted by Crippen LogP contribution is -2.58. The highest BCUT2D eigenvalue weighted by Crippen LogP contribution is 2.15. The van der Waals surface area contributed by atoms with E-state index in [-0.39, 0.29) is 18.1 Å². The molecule has 1 saturated heterocycles. The number of amides is 1. The van der Waals surface area contributed by atoms with E-state index < -0.39 is 0 Å². The number of hydrogen-bond donors (Lipinski definition) is 1. The van der Waals surface area contributed by atoms with E-state index in [1.54, 1.807) is 0 Å². The quantitative estimate of drug-likeness (QED) is 0.695. The summed E-state index contributed by atoms with van der Waals surface area (Å²) in [6, 6.07) is 0. The first-order valence-corrected chi connectivity index (χ1v) is 6.82. The van der Waals surface area contributed by atoms with Gasteiger partial charge < -0.3 is 15.4 Å². The van der Waals surface area contributed by atoms with Crippen LogP contribution in [0.2, 0.25) is 0 Å². The smallest absolute Gasteiger partial charge is 0.248 e. The van der Waals surface area contributed by atoms with E-state index >= 15 is 0 Å². The van der Waals surface area contributed by atoms with E-state index in [9.17, 15) is 4.79 Å². The molecule has 1 aliphatic heterocycles. The van der Waals surface area contributed by atoms with Gasteiger partial charge in [0, 0.05) is 44.9 Å². The van der Waals surface area contributed by atoms with Crippen molar-refractivity contribution in [2.24, 2.45) is 5.73 Å². The Labute approximate surface area is 110 Å². The highest BCUT2D eigenvalue weighted by Gasteiger charge is 2.29. The zero-order chi connectivity index (χ0) is 13.6. The average Bonchev–Trinajstić information content (AvgIpc) is 2.39. The summed E-state index contributed by atoms with van der Waals surface area (Å²) in [6.45, 7) is 11.2. The summed E-state index contributed by atoms with van der Waals surface area (Å²) in [4.78, 5) is 16.1. The average molecular weight is 257 g/mol. The van der Waals surface area contributed by atoms with E-state index in [0.29, 0.717) is 13.2 Å². The first kappa shape index (κ1) is 15.4. The van der Waals surface area contributed by atoms with Crippen molar-refractivity contribution in [3.63, 3.8) is 0 Å².